The molecule has 6 heteroatoms. The molecule has 0 aliphatic rings. The Morgan fingerprint density at radius 2 is 2.33 bits per heavy atom. The molecule has 1 aromatic carbocycles. The van der Waals surface area contributed by atoms with Crippen LogP contribution in [0.5, 0.6) is 0 Å². The number of hydrogen-bond donors (Lipinski definition) is 1. The highest BCUT2D eigenvalue weighted by Crippen LogP contribution is 2.19. The molecule has 2 N–H and O–H groups in total. The second-order valence-electron chi connectivity index (χ2n) is 3.60. The van der Waals surface area contributed by atoms with Crippen molar-refractivity contribution in [1.82, 2.24) is 9.78 Å². The van der Waals surface area contributed by atoms with Crippen LogP contribution in [0.2, 0.25) is 0 Å². The highest BCUT2D eigenvalue weighted by Gasteiger charge is 2.10. The number of hydrogen-bond acceptors (Lipinski definition) is 4. The van der Waals surface area contributed by atoms with Gasteiger partial charge >= 0.3 is 5.97 Å². The number of nitrogens with zero attached hydrogens (tertiary/aromatic N) is 2. The Balaban J connectivity index is 2.33. The highest BCUT2D eigenvalue weighted by molar-refractivity contribution is 14.1. The SMILES string of the molecule is CCOC(=O)c1ccc(-n2cc(I)cn2)c(N)c1. The summed E-state index contributed by atoms with van der Waals surface area (Å²) in [5, 5.41) is 4.17. The van der Waals surface area contributed by atoms with Gasteiger partial charge in [-0.2, -0.15) is 5.10 Å². The number of esters is 1. The number of rotatable bonds is 3. The predicted molar refractivity (Wildman–Crippen MR) is 76.6 cm³/mol. The zero-order chi connectivity index (χ0) is 13.1. The van der Waals surface area contributed by atoms with E-state index in [1.165, 1.54) is 0 Å². The molecule has 1 aromatic heterocycles. The number of nitrogen functional groups attached to an aromatic ring is 1. The van der Waals surface area contributed by atoms with Crippen molar-refractivity contribution in [3.63, 3.8) is 0 Å². The molecule has 0 atom stereocenters. The molecule has 0 saturated heterocycles. The molecule has 0 spiro atoms. The standard InChI is InChI=1S/C12H12IN3O2/c1-2-18-12(17)8-3-4-11(10(14)5-8)16-7-9(13)6-15-16/h3-7H,2,14H2,1H3. The summed E-state index contributed by atoms with van der Waals surface area (Å²) in [7, 11) is 0. The Morgan fingerprint density at radius 1 is 1.56 bits per heavy atom. The molecule has 18 heavy (non-hydrogen) atoms. The van der Waals surface area contributed by atoms with Crippen LogP contribution in [-0.4, -0.2) is 22.4 Å². The molecule has 0 radical (unpaired) electrons. The minimum absolute atomic E-state index is 0.345. The summed E-state index contributed by atoms with van der Waals surface area (Å²) in [5.41, 5.74) is 7.60. The van der Waals surface area contributed by atoms with Crippen LogP contribution in [0.15, 0.2) is 30.6 Å². The molecule has 0 aliphatic carbocycles. The third kappa shape index (κ3) is 2.63. The van der Waals surface area contributed by atoms with Gasteiger partial charge in [0.1, 0.15) is 0 Å². The van der Waals surface area contributed by atoms with Crippen LogP contribution >= 0.6 is 22.6 Å². The molecule has 0 amide bonds. The van der Waals surface area contributed by atoms with Crippen molar-refractivity contribution < 1.29 is 9.53 Å². The summed E-state index contributed by atoms with van der Waals surface area (Å²) >= 11 is 2.17. The van der Waals surface area contributed by atoms with Crippen LogP contribution in [-0.2, 0) is 4.74 Å². The Morgan fingerprint density at radius 3 is 2.89 bits per heavy atom. The van der Waals surface area contributed by atoms with E-state index in [9.17, 15) is 4.79 Å². The zero-order valence-corrected chi connectivity index (χ0v) is 11.9. The van der Waals surface area contributed by atoms with Gasteiger partial charge in [-0.15, -0.1) is 0 Å². The summed E-state index contributed by atoms with van der Waals surface area (Å²) in [6, 6.07) is 5.03. The second-order valence-corrected chi connectivity index (χ2v) is 4.84. The van der Waals surface area contributed by atoms with Gasteiger partial charge in [-0.25, -0.2) is 9.48 Å². The van der Waals surface area contributed by atoms with E-state index in [1.54, 1.807) is 36.0 Å². The zero-order valence-electron chi connectivity index (χ0n) is 9.76. The van der Waals surface area contributed by atoms with E-state index in [1.807, 2.05) is 6.20 Å². The minimum Gasteiger partial charge on any atom is -0.462 e. The highest BCUT2D eigenvalue weighted by atomic mass is 127. The van der Waals surface area contributed by atoms with E-state index in [0.29, 0.717) is 17.9 Å². The van der Waals surface area contributed by atoms with Crippen LogP contribution in [0.3, 0.4) is 0 Å². The fraction of sp³-hybridized carbons (Fsp3) is 0.167. The average Bonchev–Trinajstić information content (AvgIpc) is 2.76. The topological polar surface area (TPSA) is 70.1 Å². The Labute approximate surface area is 118 Å². The number of carbonyl (C=O) groups excluding carboxylic acids is 1. The Hall–Kier alpha value is -1.57. The van der Waals surface area contributed by atoms with Crippen molar-refractivity contribution in [3.05, 3.63) is 39.7 Å². The van der Waals surface area contributed by atoms with Gasteiger partial charge in [0.2, 0.25) is 0 Å². The van der Waals surface area contributed by atoms with Gasteiger partial charge in [-0.1, -0.05) is 0 Å². The van der Waals surface area contributed by atoms with E-state index < -0.39 is 0 Å². The Kier molecular flexibility index (Phi) is 3.85. The smallest absolute Gasteiger partial charge is 0.338 e. The largest absolute Gasteiger partial charge is 0.462 e. The Bertz CT molecular complexity index is 580. The number of benzene rings is 1. The first kappa shape index (κ1) is 12.9. The molecular weight excluding hydrogens is 345 g/mol. The summed E-state index contributed by atoms with van der Waals surface area (Å²) in [4.78, 5) is 11.5. The van der Waals surface area contributed by atoms with Gasteiger partial charge in [0, 0.05) is 6.20 Å². The van der Waals surface area contributed by atoms with Gasteiger partial charge in [0.15, 0.2) is 0 Å². The van der Waals surface area contributed by atoms with Crippen LogP contribution in [0.1, 0.15) is 17.3 Å². The molecule has 1 heterocycles. The van der Waals surface area contributed by atoms with Crippen molar-refractivity contribution in [2.75, 3.05) is 12.3 Å². The summed E-state index contributed by atoms with van der Waals surface area (Å²) in [6.45, 7) is 2.11. The second kappa shape index (κ2) is 5.38. The van der Waals surface area contributed by atoms with Crippen LogP contribution in [0.25, 0.3) is 5.69 Å². The third-order valence-corrected chi connectivity index (χ3v) is 2.89. The van der Waals surface area contributed by atoms with Gasteiger partial charge in [-0.3, -0.25) is 0 Å². The van der Waals surface area contributed by atoms with Crippen molar-refractivity contribution in [1.29, 1.82) is 0 Å². The molecule has 0 fully saturated rings. The van der Waals surface area contributed by atoms with E-state index in [2.05, 4.69) is 27.7 Å². The number of carbonyl (C=O) groups is 1. The fourth-order valence-corrected chi connectivity index (χ4v) is 1.93. The van der Waals surface area contributed by atoms with E-state index in [4.69, 9.17) is 10.5 Å². The first-order chi connectivity index (χ1) is 8.61. The number of ether oxygens (including phenoxy) is 1. The number of nitrogens with two attached hydrogens (primary N) is 1. The first-order valence-electron chi connectivity index (χ1n) is 5.39. The lowest BCUT2D eigenvalue weighted by molar-refractivity contribution is 0.0526. The maximum Gasteiger partial charge on any atom is 0.338 e. The molecule has 0 bridgehead atoms. The van der Waals surface area contributed by atoms with Gasteiger partial charge in [-0.05, 0) is 47.7 Å². The quantitative estimate of drug-likeness (QED) is 0.520. The predicted octanol–water partition coefficient (Wildman–Crippen LogP) is 2.24. The third-order valence-electron chi connectivity index (χ3n) is 2.34. The van der Waals surface area contributed by atoms with Crippen molar-refractivity contribution >= 4 is 34.2 Å². The van der Waals surface area contributed by atoms with E-state index >= 15 is 0 Å². The lowest BCUT2D eigenvalue weighted by Gasteiger charge is -2.07. The maximum atomic E-state index is 11.5. The maximum absolute atomic E-state index is 11.5. The van der Waals surface area contributed by atoms with Crippen molar-refractivity contribution in [3.8, 4) is 5.69 Å². The minimum atomic E-state index is -0.370. The van der Waals surface area contributed by atoms with Gasteiger partial charge < -0.3 is 10.5 Å². The lowest BCUT2D eigenvalue weighted by atomic mass is 10.2. The number of halogens is 1. The van der Waals surface area contributed by atoms with Gasteiger partial charge in [0.25, 0.3) is 0 Å². The summed E-state index contributed by atoms with van der Waals surface area (Å²) in [5.74, 6) is -0.370. The molecule has 5 nitrogen and oxygen atoms in total. The number of aromatic nitrogens is 2. The molecule has 2 rings (SSSR count). The van der Waals surface area contributed by atoms with Crippen LogP contribution < -0.4 is 5.73 Å². The van der Waals surface area contributed by atoms with E-state index in [-0.39, 0.29) is 5.97 Å². The normalized spacial score (nSPS) is 10.3. The fourth-order valence-electron chi connectivity index (χ4n) is 1.54. The van der Waals surface area contributed by atoms with Crippen molar-refractivity contribution in [2.45, 2.75) is 6.92 Å². The summed E-state index contributed by atoms with van der Waals surface area (Å²) < 4.78 is 7.60. The van der Waals surface area contributed by atoms with Crippen LogP contribution in [0.4, 0.5) is 5.69 Å². The molecular formula is C12H12IN3O2. The van der Waals surface area contributed by atoms with E-state index in [0.717, 1.165) is 9.26 Å². The lowest BCUT2D eigenvalue weighted by Crippen LogP contribution is -2.07. The molecule has 0 aliphatic heterocycles. The first-order valence-corrected chi connectivity index (χ1v) is 6.47. The molecule has 94 valence electrons. The molecule has 2 aromatic rings. The molecule has 0 saturated carbocycles. The summed E-state index contributed by atoms with van der Waals surface area (Å²) in [6.07, 6.45) is 3.59. The monoisotopic (exact) mass is 357 g/mol. The van der Waals surface area contributed by atoms with Crippen molar-refractivity contribution in [2.24, 2.45) is 0 Å². The molecule has 0 unspecified atom stereocenters. The average molecular weight is 357 g/mol. The van der Waals surface area contributed by atoms with Gasteiger partial charge in [0.05, 0.1) is 33.3 Å². The van der Waals surface area contributed by atoms with Crippen LogP contribution in [0, 0.1) is 3.57 Å². The number of anilines is 1.